The minimum absolute atomic E-state index is 0.107. The van der Waals surface area contributed by atoms with E-state index in [-0.39, 0.29) is 6.61 Å². The van der Waals surface area contributed by atoms with Crippen LogP contribution in [0.1, 0.15) is 36.8 Å². The van der Waals surface area contributed by atoms with Gasteiger partial charge in [0.2, 0.25) is 0 Å². The molecule has 3 heterocycles. The second-order valence-corrected chi connectivity index (χ2v) is 7.52. The summed E-state index contributed by atoms with van der Waals surface area (Å²) < 4.78 is 7.65. The number of anilines is 1. The SMILES string of the molecule is CCCCn1c2c(c(=O)[nH]c1=O)[C@H](c1ccc(Br)cc1)C1=C(COC1=O)N2. The van der Waals surface area contributed by atoms with Crippen LogP contribution in [0.2, 0.25) is 0 Å². The summed E-state index contributed by atoms with van der Waals surface area (Å²) in [4.78, 5) is 40.0. The zero-order valence-corrected chi connectivity index (χ0v) is 16.3. The lowest BCUT2D eigenvalue weighted by Gasteiger charge is -2.28. The summed E-state index contributed by atoms with van der Waals surface area (Å²) in [6.45, 7) is 2.62. The van der Waals surface area contributed by atoms with Crippen LogP contribution in [0.15, 0.2) is 49.6 Å². The second-order valence-electron chi connectivity index (χ2n) is 6.60. The Morgan fingerprint density at radius 1 is 1.22 bits per heavy atom. The number of unbranched alkanes of at least 4 members (excludes halogenated alkanes) is 1. The number of benzene rings is 1. The van der Waals surface area contributed by atoms with Gasteiger partial charge in [-0.3, -0.25) is 14.3 Å². The van der Waals surface area contributed by atoms with E-state index in [1.165, 1.54) is 0 Å². The molecule has 2 aliphatic heterocycles. The lowest BCUT2D eigenvalue weighted by molar-refractivity contribution is -0.136. The van der Waals surface area contributed by atoms with Crippen molar-refractivity contribution in [3.05, 3.63) is 72.0 Å². The number of rotatable bonds is 4. The summed E-state index contributed by atoms with van der Waals surface area (Å²) in [6, 6.07) is 7.44. The number of esters is 1. The van der Waals surface area contributed by atoms with Gasteiger partial charge in [0.05, 0.1) is 22.8 Å². The summed E-state index contributed by atoms with van der Waals surface area (Å²) in [5, 5.41) is 3.13. The van der Waals surface area contributed by atoms with Crippen molar-refractivity contribution in [2.24, 2.45) is 0 Å². The standard InChI is InChI=1S/C19H18BrN3O4/c1-2-3-8-23-16-15(17(24)22-19(23)26)13(10-4-6-11(20)7-5-10)14-12(21-16)9-27-18(14)25/h4-7,13,21H,2-3,8-9H2,1H3,(H,22,24,26)/t13-/m1/s1. The molecule has 0 saturated heterocycles. The first-order chi connectivity index (χ1) is 13.0. The molecule has 2 aliphatic rings. The zero-order valence-electron chi connectivity index (χ0n) is 14.7. The number of aromatic amines is 1. The summed E-state index contributed by atoms with van der Waals surface area (Å²) in [7, 11) is 0. The molecule has 0 fully saturated rings. The minimum Gasteiger partial charge on any atom is -0.456 e. The van der Waals surface area contributed by atoms with E-state index in [0.717, 1.165) is 22.9 Å². The normalized spacial score (nSPS) is 18.0. The predicted molar refractivity (Wildman–Crippen MR) is 104 cm³/mol. The third kappa shape index (κ3) is 2.93. The molecule has 140 valence electrons. The van der Waals surface area contributed by atoms with Gasteiger partial charge in [0, 0.05) is 11.0 Å². The van der Waals surface area contributed by atoms with Gasteiger partial charge in [0.15, 0.2) is 0 Å². The van der Waals surface area contributed by atoms with E-state index in [1.54, 1.807) is 4.57 Å². The Balaban J connectivity index is 1.98. The number of ether oxygens (including phenoxy) is 1. The summed E-state index contributed by atoms with van der Waals surface area (Å²) in [5.74, 6) is -0.583. The Bertz CT molecular complexity index is 1070. The van der Waals surface area contributed by atoms with E-state index in [4.69, 9.17) is 4.74 Å². The Morgan fingerprint density at radius 3 is 2.67 bits per heavy atom. The van der Waals surface area contributed by atoms with Crippen LogP contribution in [0.4, 0.5) is 5.82 Å². The zero-order chi connectivity index (χ0) is 19.1. The Hall–Kier alpha value is -2.61. The van der Waals surface area contributed by atoms with Gasteiger partial charge in [-0.1, -0.05) is 41.4 Å². The molecule has 0 saturated carbocycles. The summed E-state index contributed by atoms with van der Waals surface area (Å²) in [5.41, 5.74) is 1.24. The van der Waals surface area contributed by atoms with E-state index >= 15 is 0 Å². The highest BCUT2D eigenvalue weighted by Crippen LogP contribution is 2.42. The van der Waals surface area contributed by atoms with E-state index in [9.17, 15) is 14.4 Å². The maximum absolute atomic E-state index is 12.8. The number of H-pyrrole nitrogens is 1. The molecule has 2 N–H and O–H groups in total. The van der Waals surface area contributed by atoms with Gasteiger partial charge in [-0.05, 0) is 24.1 Å². The Kier molecular flexibility index (Phi) is 4.51. The van der Waals surface area contributed by atoms with Crippen molar-refractivity contribution in [3.8, 4) is 0 Å². The number of halogens is 1. The molecule has 0 radical (unpaired) electrons. The third-order valence-electron chi connectivity index (χ3n) is 4.91. The second kappa shape index (κ2) is 6.84. The molecule has 27 heavy (non-hydrogen) atoms. The summed E-state index contributed by atoms with van der Waals surface area (Å²) in [6.07, 6.45) is 1.70. The van der Waals surface area contributed by atoms with Gasteiger partial charge in [-0.2, -0.15) is 0 Å². The fourth-order valence-corrected chi connectivity index (χ4v) is 3.87. The summed E-state index contributed by atoms with van der Waals surface area (Å²) >= 11 is 3.40. The monoisotopic (exact) mass is 431 g/mol. The number of aromatic nitrogens is 2. The van der Waals surface area contributed by atoms with Crippen LogP contribution in [0.25, 0.3) is 0 Å². The number of fused-ring (bicyclic) bond motifs is 1. The first-order valence-corrected chi connectivity index (χ1v) is 9.60. The first-order valence-electron chi connectivity index (χ1n) is 8.81. The van der Waals surface area contributed by atoms with E-state index in [1.807, 2.05) is 31.2 Å². The lowest BCUT2D eigenvalue weighted by Crippen LogP contribution is -2.38. The van der Waals surface area contributed by atoms with Crippen molar-refractivity contribution < 1.29 is 9.53 Å². The van der Waals surface area contributed by atoms with Crippen molar-refractivity contribution in [3.63, 3.8) is 0 Å². The molecule has 4 rings (SSSR count). The topological polar surface area (TPSA) is 93.2 Å². The molecule has 2 aromatic rings. The predicted octanol–water partition coefficient (Wildman–Crippen LogP) is 2.47. The molecule has 0 bridgehead atoms. The molecule has 0 amide bonds. The van der Waals surface area contributed by atoms with Crippen molar-refractivity contribution in [1.29, 1.82) is 0 Å². The van der Waals surface area contributed by atoms with Gasteiger partial charge in [0.1, 0.15) is 12.4 Å². The molecule has 0 unspecified atom stereocenters. The molecule has 1 aromatic carbocycles. The lowest BCUT2D eigenvalue weighted by atomic mass is 9.83. The van der Waals surface area contributed by atoms with E-state index in [0.29, 0.717) is 29.2 Å². The van der Waals surface area contributed by atoms with Crippen LogP contribution < -0.4 is 16.6 Å². The highest BCUT2D eigenvalue weighted by atomic mass is 79.9. The van der Waals surface area contributed by atoms with Crippen LogP contribution >= 0.6 is 15.9 Å². The molecule has 0 spiro atoms. The number of hydrogen-bond donors (Lipinski definition) is 2. The Morgan fingerprint density at radius 2 is 1.96 bits per heavy atom. The fourth-order valence-electron chi connectivity index (χ4n) is 3.61. The van der Waals surface area contributed by atoms with Crippen molar-refractivity contribution in [2.75, 3.05) is 11.9 Å². The van der Waals surface area contributed by atoms with Gasteiger partial charge >= 0.3 is 11.7 Å². The number of nitrogens with one attached hydrogen (secondary N) is 2. The van der Waals surface area contributed by atoms with Gasteiger partial charge < -0.3 is 10.1 Å². The van der Waals surface area contributed by atoms with Gasteiger partial charge in [-0.25, -0.2) is 9.59 Å². The third-order valence-corrected chi connectivity index (χ3v) is 5.44. The smallest absolute Gasteiger partial charge is 0.337 e. The van der Waals surface area contributed by atoms with Gasteiger partial charge in [0.25, 0.3) is 5.56 Å². The average molecular weight is 432 g/mol. The molecule has 1 atom stereocenters. The van der Waals surface area contributed by atoms with Crippen LogP contribution in [0.5, 0.6) is 0 Å². The van der Waals surface area contributed by atoms with Crippen molar-refractivity contribution in [2.45, 2.75) is 32.2 Å². The molecule has 1 aromatic heterocycles. The number of nitrogens with zero attached hydrogens (tertiary/aromatic N) is 1. The van der Waals surface area contributed by atoms with Crippen LogP contribution in [0.3, 0.4) is 0 Å². The van der Waals surface area contributed by atoms with Crippen LogP contribution in [-0.2, 0) is 16.1 Å². The molecular weight excluding hydrogens is 414 g/mol. The quantitative estimate of drug-likeness (QED) is 0.725. The average Bonchev–Trinajstić information content (AvgIpc) is 3.01. The molecule has 0 aliphatic carbocycles. The van der Waals surface area contributed by atoms with Crippen LogP contribution in [-0.4, -0.2) is 22.1 Å². The molecule has 7 nitrogen and oxygen atoms in total. The van der Waals surface area contributed by atoms with Crippen molar-refractivity contribution >= 4 is 27.7 Å². The number of carbonyl (C=O) groups excluding carboxylic acids is 1. The minimum atomic E-state index is -0.587. The van der Waals surface area contributed by atoms with E-state index in [2.05, 4.69) is 26.2 Å². The largest absolute Gasteiger partial charge is 0.456 e. The maximum Gasteiger partial charge on any atom is 0.337 e. The first kappa shape index (κ1) is 17.8. The maximum atomic E-state index is 12.8. The highest BCUT2D eigenvalue weighted by Gasteiger charge is 2.41. The Labute approximate surface area is 163 Å². The van der Waals surface area contributed by atoms with Crippen molar-refractivity contribution in [1.82, 2.24) is 9.55 Å². The fraction of sp³-hybridized carbons (Fsp3) is 0.316. The van der Waals surface area contributed by atoms with Gasteiger partial charge in [-0.15, -0.1) is 0 Å². The molecule has 8 heteroatoms. The van der Waals surface area contributed by atoms with E-state index < -0.39 is 23.1 Å². The van der Waals surface area contributed by atoms with Crippen LogP contribution in [0, 0.1) is 0 Å². The number of carbonyl (C=O) groups is 1. The molecular formula is C19H18BrN3O4. The number of cyclic esters (lactones) is 1. The highest BCUT2D eigenvalue weighted by molar-refractivity contribution is 9.10. The number of hydrogen-bond acceptors (Lipinski definition) is 5.